The van der Waals surface area contributed by atoms with Crippen LogP contribution < -0.4 is 0 Å². The average molecular weight is 140 g/mol. The molecule has 60 valence electrons. The maximum absolute atomic E-state index is 2.32. The first-order valence-electron chi connectivity index (χ1n) is 4.21. The maximum atomic E-state index is 2.32. The number of rotatable bonds is 3. The summed E-state index contributed by atoms with van der Waals surface area (Å²) in [6.45, 7) is 11.3. The second-order valence-corrected chi connectivity index (χ2v) is 3.53. The Labute approximate surface area is 65.3 Å². The van der Waals surface area contributed by atoms with E-state index >= 15 is 0 Å². The average Bonchev–Trinajstić information content (AvgIpc) is 1.89. The lowest BCUT2D eigenvalue weighted by Gasteiger charge is -2.23. The molecule has 0 aromatic carbocycles. The highest BCUT2D eigenvalue weighted by Gasteiger charge is 2.15. The van der Waals surface area contributed by atoms with Crippen LogP contribution in [-0.2, 0) is 0 Å². The summed E-state index contributed by atoms with van der Waals surface area (Å²) in [5.41, 5.74) is 1.94. The molecular weight excluding hydrogens is 120 g/mol. The predicted octanol–water partition coefficient (Wildman–Crippen LogP) is 3.78. The minimum atomic E-state index is 0.413. The molecule has 0 aliphatic rings. The van der Waals surface area contributed by atoms with Gasteiger partial charge in [-0.25, -0.2) is 0 Å². The van der Waals surface area contributed by atoms with Gasteiger partial charge in [-0.3, -0.25) is 0 Å². The normalized spacial score (nSPS) is 13.9. The molecule has 0 radical (unpaired) electrons. The van der Waals surface area contributed by atoms with Gasteiger partial charge in [0, 0.05) is 0 Å². The zero-order valence-electron chi connectivity index (χ0n) is 7.99. The van der Waals surface area contributed by atoms with E-state index < -0.39 is 0 Å². The molecule has 0 unspecified atom stereocenters. The molecule has 0 aromatic heterocycles. The Morgan fingerprint density at radius 1 is 1.30 bits per heavy atom. The van der Waals surface area contributed by atoms with Gasteiger partial charge >= 0.3 is 0 Å². The Morgan fingerprint density at radius 3 is 2.10 bits per heavy atom. The van der Waals surface area contributed by atoms with E-state index in [1.165, 1.54) is 12.0 Å². The summed E-state index contributed by atoms with van der Waals surface area (Å²) in [4.78, 5) is 0. The number of hydrogen-bond acceptors (Lipinski definition) is 0. The molecule has 0 heterocycles. The molecule has 0 rings (SSSR count). The Morgan fingerprint density at radius 2 is 1.80 bits per heavy atom. The minimum Gasteiger partial charge on any atom is -0.0853 e. The van der Waals surface area contributed by atoms with Gasteiger partial charge in [0.25, 0.3) is 0 Å². The summed E-state index contributed by atoms with van der Waals surface area (Å²) in [7, 11) is 0. The van der Waals surface area contributed by atoms with Crippen LogP contribution in [0.5, 0.6) is 0 Å². The third-order valence-corrected chi connectivity index (χ3v) is 2.46. The molecule has 0 saturated carbocycles. The lowest BCUT2D eigenvalue weighted by Crippen LogP contribution is -2.10. The third kappa shape index (κ3) is 2.55. The van der Waals surface area contributed by atoms with Crippen molar-refractivity contribution in [3.63, 3.8) is 0 Å². The molecule has 10 heavy (non-hydrogen) atoms. The molecule has 0 atom stereocenters. The van der Waals surface area contributed by atoms with Gasteiger partial charge in [0.2, 0.25) is 0 Å². The molecule has 0 aromatic rings. The largest absolute Gasteiger partial charge is 0.0853 e. The molecule has 0 aliphatic carbocycles. The Kier molecular flexibility index (Phi) is 3.70. The first-order chi connectivity index (χ1) is 4.54. The van der Waals surface area contributed by atoms with Gasteiger partial charge in [-0.2, -0.15) is 0 Å². The van der Waals surface area contributed by atoms with Crippen molar-refractivity contribution in [3.05, 3.63) is 11.6 Å². The standard InChI is InChI=1S/C10H20/c1-6-8-9(3)10(4,5)7-2/h8H,6-7H2,1-5H3/b9-8+. The van der Waals surface area contributed by atoms with Crippen LogP contribution in [0.15, 0.2) is 11.6 Å². The van der Waals surface area contributed by atoms with E-state index in [0.29, 0.717) is 5.41 Å². The molecule has 0 spiro atoms. The fourth-order valence-electron chi connectivity index (χ4n) is 0.861. The fourth-order valence-corrected chi connectivity index (χ4v) is 0.861. The summed E-state index contributed by atoms with van der Waals surface area (Å²) in [5, 5.41) is 0. The summed E-state index contributed by atoms with van der Waals surface area (Å²) in [6.07, 6.45) is 4.72. The van der Waals surface area contributed by atoms with Crippen LogP contribution in [0.2, 0.25) is 0 Å². The summed E-state index contributed by atoms with van der Waals surface area (Å²) >= 11 is 0. The second-order valence-electron chi connectivity index (χ2n) is 3.53. The zero-order valence-corrected chi connectivity index (χ0v) is 7.99. The van der Waals surface area contributed by atoms with Crippen LogP contribution in [0, 0.1) is 5.41 Å². The Hall–Kier alpha value is -0.260. The number of hydrogen-bond donors (Lipinski definition) is 0. The maximum Gasteiger partial charge on any atom is -0.0150 e. The predicted molar refractivity (Wildman–Crippen MR) is 48.1 cm³/mol. The van der Waals surface area contributed by atoms with Gasteiger partial charge in [-0.1, -0.05) is 39.3 Å². The van der Waals surface area contributed by atoms with Crippen LogP contribution in [-0.4, -0.2) is 0 Å². The summed E-state index contributed by atoms with van der Waals surface area (Å²) in [6, 6.07) is 0. The SMILES string of the molecule is CC/C=C(\C)C(C)(C)CC. The smallest absolute Gasteiger partial charge is 0.0150 e. The molecule has 0 aliphatic heterocycles. The fraction of sp³-hybridized carbons (Fsp3) is 0.800. The summed E-state index contributed by atoms with van der Waals surface area (Å²) in [5.74, 6) is 0. The van der Waals surface area contributed by atoms with Gasteiger partial charge in [-0.05, 0) is 25.2 Å². The summed E-state index contributed by atoms with van der Waals surface area (Å²) < 4.78 is 0. The molecule has 0 nitrogen and oxygen atoms in total. The van der Waals surface area contributed by atoms with Gasteiger partial charge < -0.3 is 0 Å². The van der Waals surface area contributed by atoms with Crippen LogP contribution in [0.4, 0.5) is 0 Å². The Bertz CT molecular complexity index is 118. The lowest BCUT2D eigenvalue weighted by atomic mass is 9.82. The van der Waals surface area contributed by atoms with Gasteiger partial charge in [0.05, 0.1) is 0 Å². The van der Waals surface area contributed by atoms with Crippen LogP contribution >= 0.6 is 0 Å². The highest BCUT2D eigenvalue weighted by molar-refractivity contribution is 5.08. The first-order valence-corrected chi connectivity index (χ1v) is 4.21. The van der Waals surface area contributed by atoms with E-state index in [4.69, 9.17) is 0 Å². The molecular formula is C10H20. The number of allylic oxidation sites excluding steroid dienone is 2. The molecule has 0 saturated heterocycles. The van der Waals surface area contributed by atoms with E-state index in [9.17, 15) is 0 Å². The first kappa shape index (κ1) is 9.74. The molecule has 0 amide bonds. The lowest BCUT2D eigenvalue weighted by molar-refractivity contribution is 0.428. The molecule has 0 heteroatoms. The quantitative estimate of drug-likeness (QED) is 0.523. The van der Waals surface area contributed by atoms with Crippen LogP contribution in [0.25, 0.3) is 0 Å². The van der Waals surface area contributed by atoms with Crippen molar-refractivity contribution in [2.45, 2.75) is 47.5 Å². The van der Waals surface area contributed by atoms with E-state index in [0.717, 1.165) is 6.42 Å². The van der Waals surface area contributed by atoms with Crippen molar-refractivity contribution in [3.8, 4) is 0 Å². The van der Waals surface area contributed by atoms with E-state index in [2.05, 4.69) is 40.7 Å². The van der Waals surface area contributed by atoms with Crippen LogP contribution in [0.3, 0.4) is 0 Å². The minimum absolute atomic E-state index is 0.413. The van der Waals surface area contributed by atoms with E-state index in [1.54, 1.807) is 0 Å². The molecule has 0 bridgehead atoms. The van der Waals surface area contributed by atoms with Gasteiger partial charge in [-0.15, -0.1) is 0 Å². The Balaban J connectivity index is 4.17. The van der Waals surface area contributed by atoms with Crippen molar-refractivity contribution >= 4 is 0 Å². The second kappa shape index (κ2) is 3.80. The van der Waals surface area contributed by atoms with Crippen molar-refractivity contribution in [2.75, 3.05) is 0 Å². The highest BCUT2D eigenvalue weighted by Crippen LogP contribution is 2.29. The van der Waals surface area contributed by atoms with Crippen molar-refractivity contribution in [2.24, 2.45) is 5.41 Å². The topological polar surface area (TPSA) is 0 Å². The third-order valence-electron chi connectivity index (χ3n) is 2.46. The highest BCUT2D eigenvalue weighted by atomic mass is 14.2. The monoisotopic (exact) mass is 140 g/mol. The van der Waals surface area contributed by atoms with E-state index in [-0.39, 0.29) is 0 Å². The van der Waals surface area contributed by atoms with Crippen molar-refractivity contribution in [1.29, 1.82) is 0 Å². The van der Waals surface area contributed by atoms with Gasteiger partial charge in [0.1, 0.15) is 0 Å². The zero-order chi connectivity index (χ0) is 8.20. The molecule has 0 fully saturated rings. The molecule has 0 N–H and O–H groups in total. The van der Waals surface area contributed by atoms with E-state index in [1.807, 2.05) is 0 Å². The van der Waals surface area contributed by atoms with Crippen LogP contribution in [0.1, 0.15) is 47.5 Å². The van der Waals surface area contributed by atoms with Gasteiger partial charge in [0.15, 0.2) is 0 Å². The van der Waals surface area contributed by atoms with Crippen molar-refractivity contribution in [1.82, 2.24) is 0 Å². The van der Waals surface area contributed by atoms with Crippen molar-refractivity contribution < 1.29 is 0 Å².